The van der Waals surface area contributed by atoms with Gasteiger partial charge >= 0.3 is 0 Å². The third-order valence-electron chi connectivity index (χ3n) is 4.00. The largest absolute Gasteiger partial charge is 0.372 e. The number of thioether (sulfide) groups is 1. The number of benzene rings is 1. The van der Waals surface area contributed by atoms with Crippen LogP contribution < -0.4 is 10.2 Å². The molecule has 20 heavy (non-hydrogen) atoms. The first kappa shape index (κ1) is 16.2. The monoisotopic (exact) mass is 356 g/mol. The smallest absolute Gasteiger partial charge is 0.0377 e. The summed E-state index contributed by atoms with van der Waals surface area (Å²) in [6.45, 7) is 3.27. The SMILES string of the molecule is CSCCC(C)N(C)c1ccc(CNC2CC2)c(Br)c1. The molecule has 112 valence electrons. The number of halogens is 1. The minimum absolute atomic E-state index is 0.574. The van der Waals surface area contributed by atoms with E-state index in [1.807, 2.05) is 11.8 Å². The minimum Gasteiger partial charge on any atom is -0.372 e. The summed E-state index contributed by atoms with van der Waals surface area (Å²) in [4.78, 5) is 2.37. The molecule has 4 heteroatoms. The molecule has 2 nitrogen and oxygen atoms in total. The van der Waals surface area contributed by atoms with E-state index >= 15 is 0 Å². The zero-order valence-corrected chi connectivity index (χ0v) is 15.1. The van der Waals surface area contributed by atoms with Crippen molar-refractivity contribution in [3.05, 3.63) is 28.2 Å². The summed E-state index contributed by atoms with van der Waals surface area (Å²) in [6.07, 6.45) is 6.07. The van der Waals surface area contributed by atoms with E-state index in [9.17, 15) is 0 Å². The molecule has 1 N–H and O–H groups in total. The van der Waals surface area contributed by atoms with Crippen LogP contribution in [0.3, 0.4) is 0 Å². The van der Waals surface area contributed by atoms with Gasteiger partial charge in [0.2, 0.25) is 0 Å². The summed E-state index contributed by atoms with van der Waals surface area (Å²) >= 11 is 5.64. The van der Waals surface area contributed by atoms with Crippen molar-refractivity contribution in [1.82, 2.24) is 5.32 Å². The van der Waals surface area contributed by atoms with Crippen molar-refractivity contribution >= 4 is 33.4 Å². The lowest BCUT2D eigenvalue weighted by Gasteiger charge is -2.27. The Morgan fingerprint density at radius 2 is 2.20 bits per heavy atom. The quantitative estimate of drug-likeness (QED) is 0.748. The Morgan fingerprint density at radius 3 is 2.80 bits per heavy atom. The Hall–Kier alpha value is -0.190. The highest BCUT2D eigenvalue weighted by Crippen LogP contribution is 2.27. The molecule has 1 saturated carbocycles. The number of nitrogens with zero attached hydrogens (tertiary/aromatic N) is 1. The van der Waals surface area contributed by atoms with Crippen LogP contribution in [0.5, 0.6) is 0 Å². The van der Waals surface area contributed by atoms with Crippen molar-refractivity contribution < 1.29 is 0 Å². The first-order valence-corrected chi connectivity index (χ1v) is 9.54. The van der Waals surface area contributed by atoms with Crippen LogP contribution >= 0.6 is 27.7 Å². The molecule has 2 rings (SSSR count). The van der Waals surface area contributed by atoms with E-state index in [0.717, 1.165) is 12.6 Å². The normalized spacial score (nSPS) is 16.2. The van der Waals surface area contributed by atoms with E-state index in [4.69, 9.17) is 0 Å². The van der Waals surface area contributed by atoms with Crippen LogP contribution in [0.4, 0.5) is 5.69 Å². The number of nitrogens with one attached hydrogen (secondary N) is 1. The van der Waals surface area contributed by atoms with Crippen molar-refractivity contribution in [1.29, 1.82) is 0 Å². The highest BCUT2D eigenvalue weighted by atomic mass is 79.9. The lowest BCUT2D eigenvalue weighted by molar-refractivity contribution is 0.667. The van der Waals surface area contributed by atoms with Crippen LogP contribution in [0.2, 0.25) is 0 Å². The molecule has 0 amide bonds. The fraction of sp³-hybridized carbons (Fsp3) is 0.625. The van der Waals surface area contributed by atoms with Crippen LogP contribution in [0.25, 0.3) is 0 Å². The van der Waals surface area contributed by atoms with E-state index in [1.165, 1.54) is 40.7 Å². The van der Waals surface area contributed by atoms with Gasteiger partial charge in [-0.05, 0) is 55.9 Å². The molecule has 0 heterocycles. The zero-order chi connectivity index (χ0) is 14.5. The predicted molar refractivity (Wildman–Crippen MR) is 94.9 cm³/mol. The first-order chi connectivity index (χ1) is 9.61. The molecule has 1 aromatic rings. The molecule has 0 saturated heterocycles. The van der Waals surface area contributed by atoms with Crippen LogP contribution in [-0.4, -0.2) is 31.1 Å². The minimum atomic E-state index is 0.574. The average molecular weight is 357 g/mol. The van der Waals surface area contributed by atoms with Crippen molar-refractivity contribution in [2.75, 3.05) is 24.0 Å². The standard InChI is InChI=1S/C16H25BrN2S/c1-12(8-9-20-3)19(2)15-7-4-13(16(17)10-15)11-18-14-5-6-14/h4,7,10,12,14,18H,5-6,8-9,11H2,1-3H3. The van der Waals surface area contributed by atoms with Crippen LogP contribution in [0, 0.1) is 0 Å². The van der Waals surface area contributed by atoms with Crippen molar-refractivity contribution in [2.24, 2.45) is 0 Å². The fourth-order valence-corrected chi connectivity index (χ4v) is 3.26. The van der Waals surface area contributed by atoms with Gasteiger partial charge in [-0.15, -0.1) is 0 Å². The van der Waals surface area contributed by atoms with Gasteiger partial charge in [0.05, 0.1) is 0 Å². The van der Waals surface area contributed by atoms with Gasteiger partial charge in [-0.1, -0.05) is 22.0 Å². The van der Waals surface area contributed by atoms with E-state index in [1.54, 1.807) is 0 Å². The average Bonchev–Trinajstić information content (AvgIpc) is 3.26. The van der Waals surface area contributed by atoms with Crippen molar-refractivity contribution in [2.45, 2.75) is 44.8 Å². The molecule has 1 aliphatic rings. The van der Waals surface area contributed by atoms with Gasteiger partial charge < -0.3 is 10.2 Å². The summed E-state index contributed by atoms with van der Waals surface area (Å²) < 4.78 is 1.21. The maximum Gasteiger partial charge on any atom is 0.0377 e. The molecule has 1 aliphatic carbocycles. The van der Waals surface area contributed by atoms with E-state index < -0.39 is 0 Å². The molecule has 1 unspecified atom stereocenters. The lowest BCUT2D eigenvalue weighted by Crippen LogP contribution is -2.29. The molecule has 0 radical (unpaired) electrons. The summed E-state index contributed by atoms with van der Waals surface area (Å²) in [6, 6.07) is 8.07. The van der Waals surface area contributed by atoms with Gasteiger partial charge in [0.1, 0.15) is 0 Å². The number of hydrogen-bond acceptors (Lipinski definition) is 3. The van der Waals surface area contributed by atoms with E-state index in [2.05, 4.69) is 64.6 Å². The summed E-state index contributed by atoms with van der Waals surface area (Å²) in [5.41, 5.74) is 2.64. The highest BCUT2D eigenvalue weighted by molar-refractivity contribution is 9.10. The maximum absolute atomic E-state index is 3.72. The van der Waals surface area contributed by atoms with Gasteiger partial charge in [-0.3, -0.25) is 0 Å². The third kappa shape index (κ3) is 4.68. The van der Waals surface area contributed by atoms with E-state index in [-0.39, 0.29) is 0 Å². The highest BCUT2D eigenvalue weighted by Gasteiger charge is 2.20. The molecular weight excluding hydrogens is 332 g/mol. The molecular formula is C16H25BrN2S. The molecule has 1 fully saturated rings. The second-order valence-electron chi connectivity index (χ2n) is 5.67. The van der Waals surface area contributed by atoms with Crippen molar-refractivity contribution in [3.63, 3.8) is 0 Å². The summed E-state index contributed by atoms with van der Waals surface area (Å²) in [5, 5.41) is 3.57. The zero-order valence-electron chi connectivity index (χ0n) is 12.7. The number of rotatable bonds is 8. The van der Waals surface area contributed by atoms with Crippen LogP contribution in [0.1, 0.15) is 31.7 Å². The Labute approximate surface area is 135 Å². The second kappa shape index (κ2) is 7.71. The Morgan fingerprint density at radius 1 is 1.45 bits per heavy atom. The van der Waals surface area contributed by atoms with Gasteiger partial charge in [0, 0.05) is 35.8 Å². The Bertz CT molecular complexity index is 434. The topological polar surface area (TPSA) is 15.3 Å². The van der Waals surface area contributed by atoms with E-state index in [0.29, 0.717) is 6.04 Å². The Kier molecular flexibility index (Phi) is 6.24. The van der Waals surface area contributed by atoms with Crippen LogP contribution in [-0.2, 0) is 6.54 Å². The van der Waals surface area contributed by atoms with Gasteiger partial charge in [0.25, 0.3) is 0 Å². The van der Waals surface area contributed by atoms with Crippen LogP contribution in [0.15, 0.2) is 22.7 Å². The van der Waals surface area contributed by atoms with Gasteiger partial charge in [0.15, 0.2) is 0 Å². The Balaban J connectivity index is 1.95. The second-order valence-corrected chi connectivity index (χ2v) is 7.51. The molecule has 0 aromatic heterocycles. The maximum atomic E-state index is 3.72. The molecule has 1 atom stereocenters. The number of anilines is 1. The fourth-order valence-electron chi connectivity index (χ4n) is 2.18. The first-order valence-electron chi connectivity index (χ1n) is 7.35. The predicted octanol–water partition coefficient (Wildman–Crippen LogP) is 4.28. The van der Waals surface area contributed by atoms with Crippen molar-refractivity contribution in [3.8, 4) is 0 Å². The van der Waals surface area contributed by atoms with Gasteiger partial charge in [-0.25, -0.2) is 0 Å². The third-order valence-corrected chi connectivity index (χ3v) is 5.39. The lowest BCUT2D eigenvalue weighted by atomic mass is 10.1. The van der Waals surface area contributed by atoms with Gasteiger partial charge in [-0.2, -0.15) is 11.8 Å². The molecule has 0 spiro atoms. The molecule has 1 aromatic carbocycles. The summed E-state index contributed by atoms with van der Waals surface area (Å²) in [7, 11) is 2.19. The number of hydrogen-bond donors (Lipinski definition) is 1. The summed E-state index contributed by atoms with van der Waals surface area (Å²) in [5.74, 6) is 1.22. The molecule has 0 bridgehead atoms. The molecule has 0 aliphatic heterocycles.